The summed E-state index contributed by atoms with van der Waals surface area (Å²) in [5.74, 6) is -2.04. The first kappa shape index (κ1) is 19.5. The van der Waals surface area contributed by atoms with E-state index in [1.54, 1.807) is 4.90 Å². The smallest absolute Gasteiger partial charge is 0.402 e. The lowest BCUT2D eigenvalue weighted by atomic mass is 9.95. The number of carbonyl (C=O) groups is 1. The van der Waals surface area contributed by atoms with Gasteiger partial charge in [-0.1, -0.05) is 12.1 Å². The zero-order valence-electron chi connectivity index (χ0n) is 15.4. The van der Waals surface area contributed by atoms with Crippen molar-refractivity contribution in [1.82, 2.24) is 15.8 Å². The molecule has 6 nitrogen and oxygen atoms in total. The number of ether oxygens (including phenoxy) is 2. The summed E-state index contributed by atoms with van der Waals surface area (Å²) in [4.78, 5) is 13.6. The average Bonchev–Trinajstić information content (AvgIpc) is 3.11. The maximum absolute atomic E-state index is 13.5. The maximum atomic E-state index is 13.5. The molecule has 3 atom stereocenters. The lowest BCUT2D eigenvalue weighted by Crippen LogP contribution is -2.63. The Hall–Kier alpha value is -1.84. The van der Waals surface area contributed by atoms with Crippen molar-refractivity contribution in [3.63, 3.8) is 0 Å². The van der Waals surface area contributed by atoms with Gasteiger partial charge in [0, 0.05) is 43.8 Å². The Morgan fingerprint density at radius 1 is 1.29 bits per heavy atom. The Labute approximate surface area is 161 Å². The number of hydrazine groups is 1. The summed E-state index contributed by atoms with van der Waals surface area (Å²) in [5.41, 5.74) is 6.55. The second-order valence-corrected chi connectivity index (χ2v) is 7.65. The lowest BCUT2D eigenvalue weighted by molar-refractivity contribution is -0.201. The Morgan fingerprint density at radius 3 is 2.89 bits per heavy atom. The minimum absolute atomic E-state index is 0.0412. The molecular weight excluding hydrogens is 375 g/mol. The number of fused-ring (bicyclic) bond motifs is 1. The van der Waals surface area contributed by atoms with Crippen LogP contribution in [0.3, 0.4) is 0 Å². The fraction of sp³-hybridized carbons (Fsp3) is 0.632. The van der Waals surface area contributed by atoms with Crippen LogP contribution >= 0.6 is 0 Å². The molecule has 0 bridgehead atoms. The molecule has 3 heterocycles. The Morgan fingerprint density at radius 2 is 2.14 bits per heavy atom. The zero-order valence-corrected chi connectivity index (χ0v) is 15.4. The molecule has 3 aliphatic heterocycles. The van der Waals surface area contributed by atoms with Crippen LogP contribution in [0.2, 0.25) is 0 Å². The van der Waals surface area contributed by atoms with E-state index in [9.17, 15) is 18.0 Å². The van der Waals surface area contributed by atoms with E-state index in [4.69, 9.17) is 9.47 Å². The third kappa shape index (κ3) is 3.97. The fourth-order valence-corrected chi connectivity index (χ4v) is 4.25. The first-order chi connectivity index (χ1) is 13.4. The highest BCUT2D eigenvalue weighted by molar-refractivity contribution is 5.80. The number of rotatable bonds is 4. The Kier molecular flexibility index (Phi) is 5.48. The van der Waals surface area contributed by atoms with E-state index < -0.39 is 24.0 Å². The van der Waals surface area contributed by atoms with Gasteiger partial charge in [0.2, 0.25) is 5.91 Å². The first-order valence-electron chi connectivity index (χ1n) is 9.58. The third-order valence-corrected chi connectivity index (χ3v) is 5.71. The van der Waals surface area contributed by atoms with E-state index in [1.807, 2.05) is 18.2 Å². The summed E-state index contributed by atoms with van der Waals surface area (Å²) in [6.07, 6.45) is -2.52. The minimum Gasteiger partial charge on any atom is -0.493 e. The molecule has 1 aromatic carbocycles. The molecule has 154 valence electrons. The monoisotopic (exact) mass is 399 g/mol. The molecule has 4 rings (SSSR count). The summed E-state index contributed by atoms with van der Waals surface area (Å²) < 4.78 is 51.9. The van der Waals surface area contributed by atoms with Gasteiger partial charge in [-0.15, -0.1) is 0 Å². The SMILES string of the molecule is O=C1NNCC(N2Cc3cccc(OCC4CCCOC4)c3C2)C1C(F)(F)F. The van der Waals surface area contributed by atoms with E-state index in [0.717, 1.165) is 30.6 Å². The molecule has 9 heteroatoms. The van der Waals surface area contributed by atoms with Crippen molar-refractivity contribution in [2.75, 3.05) is 26.4 Å². The number of alkyl halides is 3. The second kappa shape index (κ2) is 7.88. The predicted molar refractivity (Wildman–Crippen MR) is 94.2 cm³/mol. The fourth-order valence-electron chi connectivity index (χ4n) is 4.25. The molecule has 2 N–H and O–H groups in total. The van der Waals surface area contributed by atoms with Gasteiger partial charge in [0.25, 0.3) is 0 Å². The second-order valence-electron chi connectivity index (χ2n) is 7.65. The molecule has 0 radical (unpaired) electrons. The summed E-state index contributed by atoms with van der Waals surface area (Å²) >= 11 is 0. The number of halogens is 3. The van der Waals surface area contributed by atoms with E-state index in [-0.39, 0.29) is 6.54 Å². The van der Waals surface area contributed by atoms with Gasteiger partial charge in [0.05, 0.1) is 13.2 Å². The van der Waals surface area contributed by atoms with Crippen molar-refractivity contribution < 1.29 is 27.4 Å². The summed E-state index contributed by atoms with van der Waals surface area (Å²) in [5, 5.41) is 0. The van der Waals surface area contributed by atoms with Gasteiger partial charge in [0.15, 0.2) is 5.92 Å². The third-order valence-electron chi connectivity index (χ3n) is 5.71. The van der Waals surface area contributed by atoms with Crippen LogP contribution < -0.4 is 15.6 Å². The number of benzene rings is 1. The van der Waals surface area contributed by atoms with Crippen LogP contribution in [0.5, 0.6) is 5.75 Å². The normalized spacial score (nSPS) is 28.7. The van der Waals surface area contributed by atoms with Gasteiger partial charge in [-0.3, -0.25) is 15.1 Å². The zero-order chi connectivity index (χ0) is 19.7. The topological polar surface area (TPSA) is 62.8 Å². The maximum Gasteiger partial charge on any atom is 0.402 e. The van der Waals surface area contributed by atoms with Crippen molar-refractivity contribution in [3.05, 3.63) is 29.3 Å². The van der Waals surface area contributed by atoms with Gasteiger partial charge in [0.1, 0.15) is 5.75 Å². The molecule has 3 unspecified atom stereocenters. The summed E-state index contributed by atoms with van der Waals surface area (Å²) in [6, 6.07) is 4.67. The molecular formula is C19H24F3N3O3. The van der Waals surface area contributed by atoms with Gasteiger partial charge in [-0.25, -0.2) is 5.43 Å². The standard InChI is InChI=1S/C19H24F3N3O3/c20-19(21,22)17-15(7-23-24-18(17)26)25-8-13-4-1-5-16(14(13)9-25)28-11-12-3-2-6-27-10-12/h1,4-5,12,15,17,23H,2-3,6-11H2,(H,24,26). The summed E-state index contributed by atoms with van der Waals surface area (Å²) in [6.45, 7) is 2.74. The van der Waals surface area contributed by atoms with Gasteiger partial charge >= 0.3 is 6.18 Å². The number of hydrogen-bond acceptors (Lipinski definition) is 5. The predicted octanol–water partition coefficient (Wildman–Crippen LogP) is 1.99. The van der Waals surface area contributed by atoms with Crippen molar-refractivity contribution >= 4 is 5.91 Å². The molecule has 1 aromatic rings. The van der Waals surface area contributed by atoms with Crippen molar-refractivity contribution in [3.8, 4) is 5.75 Å². The van der Waals surface area contributed by atoms with Gasteiger partial charge in [-0.2, -0.15) is 13.2 Å². The van der Waals surface area contributed by atoms with Crippen LogP contribution in [0.4, 0.5) is 13.2 Å². The number of nitrogens with one attached hydrogen (secondary N) is 2. The minimum atomic E-state index is -4.59. The largest absolute Gasteiger partial charge is 0.493 e. The van der Waals surface area contributed by atoms with Crippen molar-refractivity contribution in [2.45, 2.75) is 38.1 Å². The highest BCUT2D eigenvalue weighted by Crippen LogP contribution is 2.38. The molecule has 3 aliphatic rings. The molecule has 0 aliphatic carbocycles. The number of nitrogens with zero attached hydrogens (tertiary/aromatic N) is 1. The first-order valence-corrected chi connectivity index (χ1v) is 9.58. The van der Waals surface area contributed by atoms with E-state index in [0.29, 0.717) is 38.0 Å². The summed E-state index contributed by atoms with van der Waals surface area (Å²) in [7, 11) is 0. The molecule has 0 aromatic heterocycles. The number of carbonyl (C=O) groups excluding carboxylic acids is 1. The van der Waals surface area contributed by atoms with Gasteiger partial charge < -0.3 is 9.47 Å². The van der Waals surface area contributed by atoms with Crippen LogP contribution in [0.25, 0.3) is 0 Å². The quantitative estimate of drug-likeness (QED) is 0.811. The van der Waals surface area contributed by atoms with Crippen LogP contribution in [0, 0.1) is 11.8 Å². The van der Waals surface area contributed by atoms with E-state index in [2.05, 4.69) is 10.9 Å². The molecule has 2 saturated heterocycles. The van der Waals surface area contributed by atoms with E-state index >= 15 is 0 Å². The Bertz CT molecular complexity index is 722. The van der Waals surface area contributed by atoms with Gasteiger partial charge in [-0.05, 0) is 24.5 Å². The van der Waals surface area contributed by atoms with E-state index in [1.165, 1.54) is 0 Å². The average molecular weight is 399 g/mol. The lowest BCUT2D eigenvalue weighted by Gasteiger charge is -2.38. The molecule has 1 amide bonds. The molecule has 0 saturated carbocycles. The molecule has 2 fully saturated rings. The molecule has 28 heavy (non-hydrogen) atoms. The number of hydrogen-bond donors (Lipinski definition) is 2. The van der Waals surface area contributed by atoms with Crippen LogP contribution in [-0.4, -0.2) is 49.4 Å². The van der Waals surface area contributed by atoms with Crippen LogP contribution in [-0.2, 0) is 22.6 Å². The Balaban J connectivity index is 1.47. The molecule has 0 spiro atoms. The van der Waals surface area contributed by atoms with Crippen molar-refractivity contribution in [1.29, 1.82) is 0 Å². The van der Waals surface area contributed by atoms with Crippen LogP contribution in [0.15, 0.2) is 18.2 Å². The highest BCUT2D eigenvalue weighted by Gasteiger charge is 2.53. The van der Waals surface area contributed by atoms with Crippen molar-refractivity contribution in [2.24, 2.45) is 11.8 Å². The van der Waals surface area contributed by atoms with Crippen LogP contribution in [0.1, 0.15) is 24.0 Å². The highest BCUT2D eigenvalue weighted by atomic mass is 19.4. The number of amides is 1.